The zero-order valence-electron chi connectivity index (χ0n) is 16.6. The van der Waals surface area contributed by atoms with E-state index in [4.69, 9.17) is 4.74 Å². The lowest BCUT2D eigenvalue weighted by molar-refractivity contribution is 0.0644. The van der Waals surface area contributed by atoms with E-state index >= 15 is 0 Å². The van der Waals surface area contributed by atoms with E-state index in [-0.39, 0.29) is 5.91 Å². The molecule has 29 heavy (non-hydrogen) atoms. The fraction of sp³-hybridized carbons (Fsp3) is 0.409. The van der Waals surface area contributed by atoms with E-state index in [0.29, 0.717) is 24.9 Å². The summed E-state index contributed by atoms with van der Waals surface area (Å²) in [5.74, 6) is 0.602. The summed E-state index contributed by atoms with van der Waals surface area (Å²) in [6, 6.07) is 12.0. The molecule has 1 amide bonds. The molecule has 7 nitrogen and oxygen atoms in total. The third kappa shape index (κ3) is 5.19. The first-order valence-corrected chi connectivity index (χ1v) is 10.2. The van der Waals surface area contributed by atoms with Crippen molar-refractivity contribution in [3.8, 4) is 0 Å². The van der Waals surface area contributed by atoms with Crippen LogP contribution in [0.2, 0.25) is 0 Å². The van der Waals surface area contributed by atoms with Gasteiger partial charge in [0, 0.05) is 52.0 Å². The summed E-state index contributed by atoms with van der Waals surface area (Å²) in [6.45, 7) is 6.91. The van der Waals surface area contributed by atoms with Gasteiger partial charge >= 0.3 is 0 Å². The van der Waals surface area contributed by atoms with Gasteiger partial charge in [-0.1, -0.05) is 42.5 Å². The molecule has 0 aliphatic carbocycles. The van der Waals surface area contributed by atoms with Gasteiger partial charge in [-0.25, -0.2) is 9.97 Å². The second-order valence-electron chi connectivity index (χ2n) is 7.25. The topological polar surface area (TPSA) is 61.8 Å². The molecule has 4 rings (SSSR count). The largest absolute Gasteiger partial charge is 0.378 e. The Balaban J connectivity index is 1.29. The van der Waals surface area contributed by atoms with E-state index in [1.807, 2.05) is 23.1 Å². The number of carbonyl (C=O) groups is 1. The SMILES string of the molecule is O=C(c1ccnc(N2CCOCC2)n1)N1CCN(C/C=C/c2ccccc2)CC1. The highest BCUT2D eigenvalue weighted by atomic mass is 16.5. The number of ether oxygens (including phenoxy) is 1. The van der Waals surface area contributed by atoms with Crippen molar-refractivity contribution in [2.75, 3.05) is 63.9 Å². The van der Waals surface area contributed by atoms with Crippen LogP contribution in [-0.2, 0) is 4.74 Å². The van der Waals surface area contributed by atoms with E-state index in [1.165, 1.54) is 5.56 Å². The monoisotopic (exact) mass is 393 g/mol. The van der Waals surface area contributed by atoms with Crippen LogP contribution in [0.1, 0.15) is 16.1 Å². The van der Waals surface area contributed by atoms with Crippen molar-refractivity contribution < 1.29 is 9.53 Å². The number of anilines is 1. The highest BCUT2D eigenvalue weighted by Gasteiger charge is 2.23. The Bertz CT molecular complexity index is 828. The zero-order valence-corrected chi connectivity index (χ0v) is 16.6. The van der Waals surface area contributed by atoms with Gasteiger partial charge in [-0.15, -0.1) is 0 Å². The molecule has 0 spiro atoms. The number of carbonyl (C=O) groups excluding carboxylic acids is 1. The number of benzene rings is 1. The maximum absolute atomic E-state index is 12.9. The molecule has 1 aromatic carbocycles. The Labute approximate surface area is 171 Å². The van der Waals surface area contributed by atoms with E-state index in [9.17, 15) is 4.79 Å². The minimum absolute atomic E-state index is 0.0126. The van der Waals surface area contributed by atoms with Crippen LogP contribution in [0, 0.1) is 0 Å². The summed E-state index contributed by atoms with van der Waals surface area (Å²) in [6.07, 6.45) is 6.01. The highest BCUT2D eigenvalue weighted by molar-refractivity contribution is 5.92. The van der Waals surface area contributed by atoms with Gasteiger partial charge in [0.1, 0.15) is 5.69 Å². The molecule has 0 bridgehead atoms. The van der Waals surface area contributed by atoms with Crippen LogP contribution in [0.25, 0.3) is 6.08 Å². The predicted octanol–water partition coefficient (Wildman–Crippen LogP) is 1.78. The van der Waals surface area contributed by atoms with E-state index in [2.05, 4.69) is 44.1 Å². The Morgan fingerprint density at radius 1 is 1.00 bits per heavy atom. The summed E-state index contributed by atoms with van der Waals surface area (Å²) in [4.78, 5) is 28.1. The molecule has 0 unspecified atom stereocenters. The first kappa shape index (κ1) is 19.5. The molecule has 2 aliphatic rings. The van der Waals surface area contributed by atoms with Crippen LogP contribution in [0.3, 0.4) is 0 Å². The van der Waals surface area contributed by atoms with Gasteiger partial charge in [-0.2, -0.15) is 0 Å². The van der Waals surface area contributed by atoms with Gasteiger partial charge in [0.15, 0.2) is 0 Å². The van der Waals surface area contributed by atoms with Gasteiger partial charge in [0.2, 0.25) is 5.95 Å². The molecule has 0 atom stereocenters. The standard InChI is InChI=1S/C22H27N5O2/c28-21(20-8-9-23-22(24-20)27-15-17-29-18-16-27)26-13-11-25(12-14-26)10-4-7-19-5-2-1-3-6-19/h1-9H,10-18H2/b7-4+. The molecule has 0 radical (unpaired) electrons. The lowest BCUT2D eigenvalue weighted by Gasteiger charge is -2.34. The molecule has 1 aromatic heterocycles. The van der Waals surface area contributed by atoms with Gasteiger partial charge < -0.3 is 14.5 Å². The summed E-state index contributed by atoms with van der Waals surface area (Å²) < 4.78 is 5.38. The second-order valence-corrected chi connectivity index (χ2v) is 7.25. The average molecular weight is 393 g/mol. The van der Waals surface area contributed by atoms with E-state index in [0.717, 1.165) is 45.8 Å². The number of morpholine rings is 1. The number of piperazine rings is 1. The fourth-order valence-corrected chi connectivity index (χ4v) is 3.58. The van der Waals surface area contributed by atoms with Crippen molar-refractivity contribution in [3.63, 3.8) is 0 Å². The molecular formula is C22H27N5O2. The fourth-order valence-electron chi connectivity index (χ4n) is 3.58. The van der Waals surface area contributed by atoms with Gasteiger partial charge in [0.25, 0.3) is 5.91 Å². The minimum Gasteiger partial charge on any atom is -0.378 e. The molecule has 3 heterocycles. The molecule has 2 aliphatic heterocycles. The van der Waals surface area contributed by atoms with Crippen molar-refractivity contribution in [1.82, 2.24) is 19.8 Å². The number of hydrogen-bond acceptors (Lipinski definition) is 6. The lowest BCUT2D eigenvalue weighted by atomic mass is 10.2. The number of nitrogens with zero attached hydrogens (tertiary/aromatic N) is 5. The zero-order chi connectivity index (χ0) is 19.9. The van der Waals surface area contributed by atoms with E-state index in [1.54, 1.807) is 12.3 Å². The van der Waals surface area contributed by atoms with Crippen LogP contribution < -0.4 is 4.90 Å². The first-order chi connectivity index (χ1) is 14.3. The third-order valence-corrected chi connectivity index (χ3v) is 5.29. The molecule has 2 saturated heterocycles. The van der Waals surface area contributed by atoms with Crippen molar-refractivity contribution in [3.05, 3.63) is 59.9 Å². The average Bonchev–Trinajstić information content (AvgIpc) is 2.80. The maximum Gasteiger partial charge on any atom is 0.272 e. The van der Waals surface area contributed by atoms with Crippen molar-refractivity contribution in [2.24, 2.45) is 0 Å². The van der Waals surface area contributed by atoms with Crippen LogP contribution in [0.4, 0.5) is 5.95 Å². The lowest BCUT2D eigenvalue weighted by Crippen LogP contribution is -2.48. The molecule has 2 aromatic rings. The predicted molar refractivity (Wildman–Crippen MR) is 113 cm³/mol. The Hall–Kier alpha value is -2.77. The molecular weight excluding hydrogens is 366 g/mol. The van der Waals surface area contributed by atoms with Crippen LogP contribution in [0.15, 0.2) is 48.7 Å². The Kier molecular flexibility index (Phi) is 6.49. The number of aromatic nitrogens is 2. The summed E-state index contributed by atoms with van der Waals surface area (Å²) in [5, 5.41) is 0. The number of rotatable bonds is 5. The quantitative estimate of drug-likeness (QED) is 0.772. The van der Waals surface area contributed by atoms with Crippen LogP contribution in [-0.4, -0.2) is 84.7 Å². The van der Waals surface area contributed by atoms with Crippen LogP contribution in [0.5, 0.6) is 0 Å². The highest BCUT2D eigenvalue weighted by Crippen LogP contribution is 2.13. The summed E-state index contributed by atoms with van der Waals surface area (Å²) in [5.41, 5.74) is 1.68. The second kappa shape index (κ2) is 9.62. The first-order valence-electron chi connectivity index (χ1n) is 10.2. The molecule has 0 saturated carbocycles. The number of amides is 1. The minimum atomic E-state index is -0.0126. The number of hydrogen-bond donors (Lipinski definition) is 0. The van der Waals surface area contributed by atoms with Gasteiger partial charge in [-0.05, 0) is 11.6 Å². The summed E-state index contributed by atoms with van der Waals surface area (Å²) >= 11 is 0. The molecule has 2 fully saturated rings. The van der Waals surface area contributed by atoms with Crippen molar-refractivity contribution in [1.29, 1.82) is 0 Å². The van der Waals surface area contributed by atoms with Gasteiger partial charge in [0.05, 0.1) is 13.2 Å². The van der Waals surface area contributed by atoms with Crippen LogP contribution >= 0.6 is 0 Å². The normalized spacial score (nSPS) is 18.3. The van der Waals surface area contributed by atoms with Crippen molar-refractivity contribution in [2.45, 2.75) is 0 Å². The molecule has 152 valence electrons. The van der Waals surface area contributed by atoms with Gasteiger partial charge in [-0.3, -0.25) is 9.69 Å². The molecule has 0 N–H and O–H groups in total. The summed E-state index contributed by atoms with van der Waals surface area (Å²) in [7, 11) is 0. The Morgan fingerprint density at radius 3 is 2.52 bits per heavy atom. The third-order valence-electron chi connectivity index (χ3n) is 5.29. The molecule has 7 heteroatoms. The maximum atomic E-state index is 12.9. The smallest absolute Gasteiger partial charge is 0.272 e. The van der Waals surface area contributed by atoms with E-state index < -0.39 is 0 Å². The Morgan fingerprint density at radius 2 is 1.76 bits per heavy atom. The van der Waals surface area contributed by atoms with Crippen molar-refractivity contribution >= 4 is 17.9 Å².